The first kappa shape index (κ1) is 15.9. The third-order valence-electron chi connectivity index (χ3n) is 3.75. The molecule has 0 saturated heterocycles. The van der Waals surface area contributed by atoms with Crippen LogP contribution >= 0.6 is 0 Å². The lowest BCUT2D eigenvalue weighted by molar-refractivity contribution is -0.115. The fraction of sp³-hybridized carbons (Fsp3) is 0.533. The molecule has 21 heavy (non-hydrogen) atoms. The molecule has 1 saturated carbocycles. The van der Waals surface area contributed by atoms with E-state index in [1.165, 1.54) is 6.07 Å². The molecule has 0 heterocycles. The van der Waals surface area contributed by atoms with Crippen molar-refractivity contribution in [3.8, 4) is 0 Å². The van der Waals surface area contributed by atoms with Gasteiger partial charge in [0.2, 0.25) is 5.91 Å². The minimum atomic E-state index is -0.811. The van der Waals surface area contributed by atoms with Crippen molar-refractivity contribution in [2.75, 3.05) is 18.4 Å². The van der Waals surface area contributed by atoms with Crippen molar-refractivity contribution in [1.29, 1.82) is 0 Å². The molecule has 1 amide bonds. The Bertz CT molecular complexity index is 482. The second-order valence-electron chi connectivity index (χ2n) is 5.53. The molecule has 1 fully saturated rings. The van der Waals surface area contributed by atoms with Crippen LogP contribution in [-0.4, -0.2) is 29.7 Å². The lowest BCUT2D eigenvalue weighted by Gasteiger charge is -2.32. The summed E-state index contributed by atoms with van der Waals surface area (Å²) < 4.78 is 26.7. The van der Waals surface area contributed by atoms with Crippen LogP contribution in [-0.2, 0) is 4.79 Å². The maximum atomic E-state index is 13.4. The minimum absolute atomic E-state index is 0.101. The van der Waals surface area contributed by atoms with Gasteiger partial charge in [-0.3, -0.25) is 4.79 Å². The van der Waals surface area contributed by atoms with Gasteiger partial charge in [0.1, 0.15) is 17.3 Å². The second kappa shape index (κ2) is 6.95. The molecule has 2 rings (SSSR count). The summed E-state index contributed by atoms with van der Waals surface area (Å²) in [6, 6.07) is 3.39. The molecular weight excluding hydrogens is 278 g/mol. The molecule has 0 atom stereocenters. The van der Waals surface area contributed by atoms with Gasteiger partial charge in [-0.1, -0.05) is 25.3 Å². The second-order valence-corrected chi connectivity index (χ2v) is 5.53. The normalized spacial score (nSPS) is 17.5. The molecule has 1 aromatic carbocycles. The zero-order chi connectivity index (χ0) is 15.3. The SMILES string of the molecule is O=C(CNCC1(O)CCCCC1)Nc1c(F)cccc1F. The van der Waals surface area contributed by atoms with E-state index in [9.17, 15) is 18.7 Å². The van der Waals surface area contributed by atoms with E-state index in [4.69, 9.17) is 0 Å². The van der Waals surface area contributed by atoms with Crippen molar-refractivity contribution in [1.82, 2.24) is 5.32 Å². The average molecular weight is 298 g/mol. The standard InChI is InChI=1S/C15H20F2N2O2/c16-11-5-4-6-12(17)14(11)19-13(20)9-18-10-15(21)7-2-1-3-8-15/h4-6,18,21H,1-3,7-10H2,(H,19,20). The quantitative estimate of drug-likeness (QED) is 0.781. The number of benzene rings is 1. The van der Waals surface area contributed by atoms with E-state index in [0.29, 0.717) is 19.4 Å². The molecular formula is C15H20F2N2O2. The van der Waals surface area contributed by atoms with Crippen molar-refractivity contribution in [2.45, 2.75) is 37.7 Å². The van der Waals surface area contributed by atoms with Gasteiger partial charge in [-0.25, -0.2) is 8.78 Å². The Morgan fingerprint density at radius 3 is 2.43 bits per heavy atom. The Morgan fingerprint density at radius 2 is 1.81 bits per heavy atom. The number of amides is 1. The molecule has 0 radical (unpaired) electrons. The zero-order valence-corrected chi connectivity index (χ0v) is 11.8. The van der Waals surface area contributed by atoms with Crippen LogP contribution in [0.3, 0.4) is 0 Å². The first-order chi connectivity index (χ1) is 10.0. The van der Waals surface area contributed by atoms with E-state index in [1.807, 2.05) is 0 Å². The van der Waals surface area contributed by atoms with Gasteiger partial charge in [-0.2, -0.15) is 0 Å². The summed E-state index contributed by atoms with van der Waals surface area (Å²) in [4.78, 5) is 11.7. The number of para-hydroxylation sites is 1. The molecule has 0 spiro atoms. The predicted molar refractivity (Wildman–Crippen MR) is 75.9 cm³/mol. The fourth-order valence-corrected chi connectivity index (χ4v) is 2.60. The van der Waals surface area contributed by atoms with Crippen LogP contribution in [0.4, 0.5) is 14.5 Å². The molecule has 3 N–H and O–H groups in total. The molecule has 1 aromatic rings. The number of aliphatic hydroxyl groups is 1. The Kier molecular flexibility index (Phi) is 5.25. The molecule has 0 aromatic heterocycles. The van der Waals surface area contributed by atoms with E-state index in [-0.39, 0.29) is 6.54 Å². The Labute approximate surface area is 122 Å². The van der Waals surface area contributed by atoms with E-state index < -0.39 is 28.8 Å². The van der Waals surface area contributed by atoms with Crippen LogP contribution in [0.25, 0.3) is 0 Å². The number of carbonyl (C=O) groups is 1. The summed E-state index contributed by atoms with van der Waals surface area (Å²) in [5.41, 5.74) is -1.22. The van der Waals surface area contributed by atoms with Crippen molar-refractivity contribution >= 4 is 11.6 Å². The molecule has 116 valence electrons. The highest BCUT2D eigenvalue weighted by atomic mass is 19.1. The topological polar surface area (TPSA) is 61.4 Å². The number of halogens is 2. The molecule has 1 aliphatic carbocycles. The van der Waals surface area contributed by atoms with Gasteiger partial charge < -0.3 is 15.7 Å². The molecule has 0 bridgehead atoms. The molecule has 0 unspecified atom stereocenters. The van der Waals surface area contributed by atoms with Crippen molar-refractivity contribution in [2.24, 2.45) is 0 Å². The summed E-state index contributed by atoms with van der Waals surface area (Å²) in [7, 11) is 0. The Balaban J connectivity index is 1.80. The van der Waals surface area contributed by atoms with Crippen LogP contribution in [0, 0.1) is 11.6 Å². The molecule has 4 nitrogen and oxygen atoms in total. The summed E-state index contributed by atoms with van der Waals surface area (Å²) >= 11 is 0. The van der Waals surface area contributed by atoms with Crippen LogP contribution in [0.2, 0.25) is 0 Å². The molecule has 0 aliphatic heterocycles. The number of hydrogen-bond acceptors (Lipinski definition) is 3. The maximum Gasteiger partial charge on any atom is 0.238 e. The fourth-order valence-electron chi connectivity index (χ4n) is 2.60. The summed E-state index contributed by atoms with van der Waals surface area (Å²) in [6.45, 7) is 0.205. The largest absolute Gasteiger partial charge is 0.389 e. The van der Waals surface area contributed by atoms with Gasteiger partial charge in [0.05, 0.1) is 12.1 Å². The van der Waals surface area contributed by atoms with Crippen LogP contribution in [0.5, 0.6) is 0 Å². The monoisotopic (exact) mass is 298 g/mol. The highest BCUT2D eigenvalue weighted by Gasteiger charge is 2.28. The van der Waals surface area contributed by atoms with Crippen molar-refractivity contribution in [3.05, 3.63) is 29.8 Å². The number of hydrogen-bond donors (Lipinski definition) is 3. The highest BCUT2D eigenvalue weighted by Crippen LogP contribution is 2.27. The Hall–Kier alpha value is -1.53. The first-order valence-corrected chi connectivity index (χ1v) is 7.17. The highest BCUT2D eigenvalue weighted by molar-refractivity contribution is 5.92. The van der Waals surface area contributed by atoms with Gasteiger partial charge in [0.25, 0.3) is 0 Å². The van der Waals surface area contributed by atoms with Crippen LogP contribution < -0.4 is 10.6 Å². The lowest BCUT2D eigenvalue weighted by atomic mass is 9.85. The van der Waals surface area contributed by atoms with E-state index >= 15 is 0 Å². The summed E-state index contributed by atoms with van der Waals surface area (Å²) in [5.74, 6) is -2.16. The lowest BCUT2D eigenvalue weighted by Crippen LogP contribution is -2.44. The third-order valence-corrected chi connectivity index (χ3v) is 3.75. The van der Waals surface area contributed by atoms with Crippen LogP contribution in [0.15, 0.2) is 18.2 Å². The van der Waals surface area contributed by atoms with Gasteiger partial charge in [0, 0.05) is 6.54 Å². The minimum Gasteiger partial charge on any atom is -0.389 e. The zero-order valence-electron chi connectivity index (χ0n) is 11.8. The summed E-state index contributed by atoms with van der Waals surface area (Å²) in [5, 5.41) is 15.3. The average Bonchev–Trinajstić information content (AvgIpc) is 2.44. The number of nitrogens with one attached hydrogen (secondary N) is 2. The van der Waals surface area contributed by atoms with E-state index in [0.717, 1.165) is 31.4 Å². The van der Waals surface area contributed by atoms with Gasteiger partial charge in [0.15, 0.2) is 0 Å². The Morgan fingerprint density at radius 1 is 1.19 bits per heavy atom. The number of rotatable bonds is 5. The van der Waals surface area contributed by atoms with Gasteiger partial charge in [-0.05, 0) is 25.0 Å². The van der Waals surface area contributed by atoms with E-state index in [1.54, 1.807) is 0 Å². The number of carbonyl (C=O) groups excluding carboxylic acids is 1. The van der Waals surface area contributed by atoms with Gasteiger partial charge in [-0.15, -0.1) is 0 Å². The van der Waals surface area contributed by atoms with Gasteiger partial charge >= 0.3 is 0 Å². The number of anilines is 1. The first-order valence-electron chi connectivity index (χ1n) is 7.17. The maximum absolute atomic E-state index is 13.4. The smallest absolute Gasteiger partial charge is 0.238 e. The summed E-state index contributed by atoms with van der Waals surface area (Å²) in [6.07, 6.45) is 4.50. The van der Waals surface area contributed by atoms with E-state index in [2.05, 4.69) is 10.6 Å². The van der Waals surface area contributed by atoms with Crippen LogP contribution in [0.1, 0.15) is 32.1 Å². The van der Waals surface area contributed by atoms with Crippen molar-refractivity contribution < 1.29 is 18.7 Å². The molecule has 6 heteroatoms. The third kappa shape index (κ3) is 4.47. The van der Waals surface area contributed by atoms with Crippen molar-refractivity contribution in [3.63, 3.8) is 0 Å². The molecule has 1 aliphatic rings. The predicted octanol–water partition coefficient (Wildman–Crippen LogP) is 2.19.